The van der Waals surface area contributed by atoms with Crippen molar-refractivity contribution in [3.63, 3.8) is 0 Å². The van der Waals surface area contributed by atoms with Crippen molar-refractivity contribution in [2.45, 2.75) is 13.8 Å². The topological polar surface area (TPSA) is 24.9 Å². The van der Waals surface area contributed by atoms with Crippen molar-refractivity contribution in [2.75, 3.05) is 9.80 Å². The fourth-order valence-electron chi connectivity index (χ4n) is 9.91. The molecule has 298 valence electrons. The molecule has 0 fully saturated rings. The summed E-state index contributed by atoms with van der Waals surface area (Å²) in [7, 11) is 0. The first-order chi connectivity index (χ1) is 31.1. The molecule has 2 aliphatic heterocycles. The molecule has 0 spiro atoms. The van der Waals surface area contributed by atoms with E-state index < -0.39 is 0 Å². The van der Waals surface area contributed by atoms with Crippen LogP contribution < -0.4 is 35.7 Å². The lowest BCUT2D eigenvalue weighted by Gasteiger charge is -2.37. The van der Waals surface area contributed by atoms with Gasteiger partial charge in [-0.15, -0.1) is 0 Å². The Labute approximate surface area is 367 Å². The minimum Gasteiger partial charge on any atom is -0.458 e. The zero-order chi connectivity index (χ0) is 42.0. The average molecular weight is 809 g/mol. The second-order valence-corrected chi connectivity index (χ2v) is 16.6. The standard InChI is InChI=1S/C58H41BN2O2/c1-38-18-16-26-44(32-38)60(42-22-8-4-9-23-42)50-36-54-56(48-30-14-12-28-46(48)50)59-57-49-31-15-13-29-47(49)51(61(43-24-10-5-11-25-43)45-27-17-19-39(2)33-45)37-55(57)63-53-35-41(34-52(62-54)58(53)59)40-20-6-3-7-21-40/h3-37H,1-2H3. The number of hydrogen-bond acceptors (Lipinski definition) is 4. The molecule has 0 bridgehead atoms. The molecule has 5 heteroatoms. The van der Waals surface area contributed by atoms with E-state index in [0.29, 0.717) is 0 Å². The number of fused-ring (bicyclic) bond motifs is 8. The molecule has 10 aromatic carbocycles. The van der Waals surface area contributed by atoms with Gasteiger partial charge in [-0.2, -0.15) is 0 Å². The third-order valence-electron chi connectivity index (χ3n) is 12.6. The lowest BCUT2D eigenvalue weighted by Crippen LogP contribution is -2.58. The van der Waals surface area contributed by atoms with E-state index in [9.17, 15) is 0 Å². The number of nitrogens with zero attached hydrogens (tertiary/aromatic N) is 2. The SMILES string of the molecule is Cc1cccc(N(c2ccccc2)c2cc3c(c4ccccc24)B2c4c(cc(-c5ccccc5)cc4Oc4cc(N(c5ccccc5)c5cccc(C)c5)c5ccccc5c42)O3)c1. The summed E-state index contributed by atoms with van der Waals surface area (Å²) in [6, 6.07) is 75.9. The molecule has 0 radical (unpaired) electrons. The Bertz CT molecular complexity index is 3190. The largest absolute Gasteiger partial charge is 0.458 e. The fourth-order valence-corrected chi connectivity index (χ4v) is 9.91. The Morgan fingerprint density at radius 2 is 0.698 bits per heavy atom. The van der Waals surface area contributed by atoms with Crippen molar-refractivity contribution in [2.24, 2.45) is 0 Å². The van der Waals surface area contributed by atoms with Crippen molar-refractivity contribution in [3.8, 4) is 34.1 Å². The van der Waals surface area contributed by atoms with Crippen LogP contribution in [0.2, 0.25) is 0 Å². The first-order valence-electron chi connectivity index (χ1n) is 21.6. The van der Waals surface area contributed by atoms with Crippen LogP contribution in [0.4, 0.5) is 34.1 Å². The van der Waals surface area contributed by atoms with E-state index in [1.807, 2.05) is 0 Å². The second-order valence-electron chi connectivity index (χ2n) is 16.6. The van der Waals surface area contributed by atoms with E-state index in [-0.39, 0.29) is 6.71 Å². The van der Waals surface area contributed by atoms with Crippen molar-refractivity contribution in [1.29, 1.82) is 0 Å². The Morgan fingerprint density at radius 1 is 0.317 bits per heavy atom. The number of benzene rings is 10. The second kappa shape index (κ2) is 14.9. The van der Waals surface area contributed by atoms with Crippen LogP contribution in [0, 0.1) is 13.8 Å². The third-order valence-corrected chi connectivity index (χ3v) is 12.6. The number of rotatable bonds is 7. The summed E-state index contributed by atoms with van der Waals surface area (Å²) in [5.74, 6) is 3.27. The van der Waals surface area contributed by atoms with Crippen LogP contribution in [0.5, 0.6) is 23.0 Å². The van der Waals surface area contributed by atoms with Gasteiger partial charge in [0.05, 0.1) is 11.4 Å². The van der Waals surface area contributed by atoms with Crippen molar-refractivity contribution < 1.29 is 9.47 Å². The summed E-state index contributed by atoms with van der Waals surface area (Å²) < 4.78 is 14.6. The lowest BCUT2D eigenvalue weighted by molar-refractivity contribution is 0.466. The zero-order valence-corrected chi connectivity index (χ0v) is 35.0. The summed E-state index contributed by atoms with van der Waals surface area (Å²) in [5, 5.41) is 4.55. The van der Waals surface area contributed by atoms with E-state index in [1.165, 1.54) is 11.1 Å². The molecule has 0 N–H and O–H groups in total. The maximum Gasteiger partial charge on any atom is 0.262 e. The molecule has 0 atom stereocenters. The molecule has 0 unspecified atom stereocenters. The number of para-hydroxylation sites is 2. The highest BCUT2D eigenvalue weighted by Crippen LogP contribution is 2.48. The Balaban J connectivity index is 1.16. The van der Waals surface area contributed by atoms with Crippen LogP contribution in [0.25, 0.3) is 32.7 Å². The minimum absolute atomic E-state index is 0.196. The fraction of sp³-hybridized carbons (Fsp3) is 0.0345. The Kier molecular flexibility index (Phi) is 8.68. The van der Waals surface area contributed by atoms with E-state index in [1.54, 1.807) is 0 Å². The van der Waals surface area contributed by atoms with Crippen LogP contribution in [0.1, 0.15) is 11.1 Å². The highest BCUT2D eigenvalue weighted by atomic mass is 16.5. The molecule has 63 heavy (non-hydrogen) atoms. The van der Waals surface area contributed by atoms with E-state index in [4.69, 9.17) is 9.47 Å². The molecule has 0 aliphatic carbocycles. The quantitative estimate of drug-likeness (QED) is 0.150. The van der Waals surface area contributed by atoms with E-state index in [2.05, 4.69) is 236 Å². The highest BCUT2D eigenvalue weighted by molar-refractivity contribution is 7.01. The van der Waals surface area contributed by atoms with E-state index >= 15 is 0 Å². The minimum atomic E-state index is -0.196. The molecule has 0 aromatic heterocycles. The van der Waals surface area contributed by atoms with Gasteiger partial charge >= 0.3 is 0 Å². The van der Waals surface area contributed by atoms with Crippen molar-refractivity contribution in [1.82, 2.24) is 0 Å². The predicted octanol–water partition coefficient (Wildman–Crippen LogP) is 13.9. The van der Waals surface area contributed by atoms with Crippen LogP contribution in [-0.4, -0.2) is 6.71 Å². The highest BCUT2D eigenvalue weighted by Gasteiger charge is 2.44. The summed E-state index contributed by atoms with van der Waals surface area (Å²) >= 11 is 0. The maximum absolute atomic E-state index is 7.28. The molecule has 2 heterocycles. The smallest absolute Gasteiger partial charge is 0.262 e. The van der Waals surface area contributed by atoms with Gasteiger partial charge in [0.1, 0.15) is 23.0 Å². The van der Waals surface area contributed by atoms with Gasteiger partial charge in [-0.3, -0.25) is 0 Å². The monoisotopic (exact) mass is 808 g/mol. The molecule has 4 nitrogen and oxygen atoms in total. The van der Waals surface area contributed by atoms with Crippen LogP contribution in [0.3, 0.4) is 0 Å². The van der Waals surface area contributed by atoms with Crippen LogP contribution in [-0.2, 0) is 0 Å². The van der Waals surface area contributed by atoms with Crippen LogP contribution >= 0.6 is 0 Å². The Morgan fingerprint density at radius 3 is 1.14 bits per heavy atom. The van der Waals surface area contributed by atoms with Crippen molar-refractivity contribution in [3.05, 3.63) is 223 Å². The number of hydrogen-bond donors (Lipinski definition) is 0. The first kappa shape index (κ1) is 36.8. The molecule has 12 rings (SSSR count). The molecule has 10 aromatic rings. The molecule has 2 aliphatic rings. The van der Waals surface area contributed by atoms with Gasteiger partial charge in [-0.05, 0) is 118 Å². The van der Waals surface area contributed by atoms with Gasteiger partial charge in [0, 0.05) is 51.1 Å². The van der Waals surface area contributed by atoms with E-state index in [0.717, 1.165) is 106 Å². The summed E-state index contributed by atoms with van der Waals surface area (Å²) in [5.41, 5.74) is 14.2. The van der Waals surface area contributed by atoms with Gasteiger partial charge < -0.3 is 19.3 Å². The summed E-state index contributed by atoms with van der Waals surface area (Å²) in [4.78, 5) is 4.73. The normalized spacial score (nSPS) is 12.2. The van der Waals surface area contributed by atoms with Gasteiger partial charge in [0.2, 0.25) is 0 Å². The Hall–Kier alpha value is -8.02. The summed E-state index contributed by atoms with van der Waals surface area (Å²) in [6.45, 7) is 4.11. The number of ether oxygens (including phenoxy) is 2. The van der Waals surface area contributed by atoms with Gasteiger partial charge in [-0.1, -0.05) is 140 Å². The third kappa shape index (κ3) is 6.15. The molecule has 0 saturated heterocycles. The van der Waals surface area contributed by atoms with Gasteiger partial charge in [-0.25, -0.2) is 0 Å². The molecular formula is C58H41BN2O2. The van der Waals surface area contributed by atoms with Crippen molar-refractivity contribution >= 4 is 78.8 Å². The molecular weight excluding hydrogens is 767 g/mol. The number of anilines is 6. The summed E-state index contributed by atoms with van der Waals surface area (Å²) in [6.07, 6.45) is 0. The molecule has 0 saturated carbocycles. The average Bonchev–Trinajstić information content (AvgIpc) is 3.32. The maximum atomic E-state index is 7.28. The van der Waals surface area contributed by atoms with Gasteiger partial charge in [0.15, 0.2) is 0 Å². The zero-order valence-electron chi connectivity index (χ0n) is 35.0. The first-order valence-corrected chi connectivity index (χ1v) is 21.6. The van der Waals surface area contributed by atoms with Gasteiger partial charge in [0.25, 0.3) is 6.71 Å². The predicted molar refractivity (Wildman–Crippen MR) is 263 cm³/mol. The number of aryl methyl sites for hydroxylation is 2. The molecule has 0 amide bonds. The van der Waals surface area contributed by atoms with Crippen LogP contribution in [0.15, 0.2) is 212 Å². The lowest BCUT2D eigenvalue weighted by atomic mass is 9.33.